The van der Waals surface area contributed by atoms with Gasteiger partial charge in [-0.05, 0) is 56.2 Å². The summed E-state index contributed by atoms with van der Waals surface area (Å²) >= 11 is 1.95. The Kier molecular flexibility index (Phi) is 4.79. The van der Waals surface area contributed by atoms with Crippen molar-refractivity contribution in [1.82, 2.24) is 10.2 Å². The van der Waals surface area contributed by atoms with Crippen LogP contribution in [0.2, 0.25) is 0 Å². The molecule has 1 aliphatic carbocycles. The first-order valence-corrected chi connectivity index (χ1v) is 9.15. The lowest BCUT2D eigenvalue weighted by Crippen LogP contribution is -2.43. The van der Waals surface area contributed by atoms with E-state index in [0.29, 0.717) is 6.04 Å². The molecule has 1 aromatic rings. The van der Waals surface area contributed by atoms with Crippen molar-refractivity contribution in [1.29, 1.82) is 0 Å². The SMILES string of the molecule is CNC1CCCCCC1CN1CCc2sccc2C1C. The fourth-order valence-electron chi connectivity index (χ4n) is 4.10. The summed E-state index contributed by atoms with van der Waals surface area (Å²) < 4.78 is 0. The summed E-state index contributed by atoms with van der Waals surface area (Å²) in [6, 6.07) is 3.69. The zero-order chi connectivity index (χ0) is 13.9. The van der Waals surface area contributed by atoms with E-state index in [1.165, 1.54) is 51.6 Å². The van der Waals surface area contributed by atoms with Crippen molar-refractivity contribution >= 4 is 11.3 Å². The number of nitrogens with zero attached hydrogens (tertiary/aromatic N) is 1. The Hall–Kier alpha value is -0.380. The molecule has 3 unspecified atom stereocenters. The standard InChI is InChI=1S/C17H28N2S/c1-13-15-9-11-20-17(15)8-10-19(13)12-14-6-4-3-5-7-16(14)18-2/h9,11,13-14,16,18H,3-8,10,12H2,1-2H3. The minimum Gasteiger partial charge on any atom is -0.317 e. The summed E-state index contributed by atoms with van der Waals surface area (Å²) in [5, 5.41) is 5.86. The maximum Gasteiger partial charge on any atom is 0.0331 e. The first-order valence-electron chi connectivity index (χ1n) is 8.27. The van der Waals surface area contributed by atoms with Crippen LogP contribution in [0.3, 0.4) is 0 Å². The van der Waals surface area contributed by atoms with Gasteiger partial charge in [-0.1, -0.05) is 19.3 Å². The summed E-state index contributed by atoms with van der Waals surface area (Å²) in [5.74, 6) is 0.838. The molecule has 0 bridgehead atoms. The first kappa shape index (κ1) is 14.6. The van der Waals surface area contributed by atoms with Gasteiger partial charge in [0.1, 0.15) is 0 Å². The summed E-state index contributed by atoms with van der Waals surface area (Å²) in [4.78, 5) is 4.36. The molecule has 0 saturated heterocycles. The van der Waals surface area contributed by atoms with Gasteiger partial charge in [0.15, 0.2) is 0 Å². The maximum absolute atomic E-state index is 3.59. The van der Waals surface area contributed by atoms with Gasteiger partial charge >= 0.3 is 0 Å². The zero-order valence-corrected chi connectivity index (χ0v) is 13.7. The largest absolute Gasteiger partial charge is 0.317 e. The molecular formula is C17H28N2S. The molecule has 112 valence electrons. The van der Waals surface area contributed by atoms with Crippen molar-refractivity contribution in [3.05, 3.63) is 21.9 Å². The summed E-state index contributed by atoms with van der Waals surface area (Å²) in [6.07, 6.45) is 8.30. The molecule has 20 heavy (non-hydrogen) atoms. The molecule has 3 atom stereocenters. The van der Waals surface area contributed by atoms with Gasteiger partial charge in [-0.2, -0.15) is 0 Å². The van der Waals surface area contributed by atoms with Crippen LogP contribution in [0, 0.1) is 5.92 Å². The van der Waals surface area contributed by atoms with E-state index in [1.807, 2.05) is 11.3 Å². The smallest absolute Gasteiger partial charge is 0.0331 e. The quantitative estimate of drug-likeness (QED) is 0.852. The van der Waals surface area contributed by atoms with Crippen LogP contribution in [-0.2, 0) is 6.42 Å². The molecule has 2 nitrogen and oxygen atoms in total. The lowest BCUT2D eigenvalue weighted by molar-refractivity contribution is 0.147. The molecule has 1 aromatic heterocycles. The van der Waals surface area contributed by atoms with Crippen LogP contribution in [0.1, 0.15) is 55.5 Å². The second kappa shape index (κ2) is 6.59. The molecule has 1 aliphatic heterocycles. The van der Waals surface area contributed by atoms with Gasteiger partial charge < -0.3 is 5.32 Å². The summed E-state index contributed by atoms with van der Waals surface area (Å²) in [6.45, 7) is 4.93. The predicted octanol–water partition coefficient (Wildman–Crippen LogP) is 3.84. The van der Waals surface area contributed by atoms with Crippen molar-refractivity contribution in [3.63, 3.8) is 0 Å². The van der Waals surface area contributed by atoms with Crippen LogP contribution >= 0.6 is 11.3 Å². The maximum atomic E-state index is 3.59. The Balaban J connectivity index is 1.68. The summed E-state index contributed by atoms with van der Waals surface area (Å²) in [7, 11) is 2.15. The normalized spacial score (nSPS) is 31.8. The van der Waals surface area contributed by atoms with Crippen molar-refractivity contribution in [2.45, 2.75) is 57.5 Å². The highest BCUT2D eigenvalue weighted by atomic mass is 32.1. The average molecular weight is 292 g/mol. The molecule has 0 radical (unpaired) electrons. The monoisotopic (exact) mass is 292 g/mol. The summed E-state index contributed by atoms with van der Waals surface area (Å²) in [5.41, 5.74) is 1.59. The van der Waals surface area contributed by atoms with Crippen molar-refractivity contribution in [2.75, 3.05) is 20.1 Å². The number of hydrogen-bond acceptors (Lipinski definition) is 3. The Labute approximate surface area is 127 Å². The lowest BCUT2D eigenvalue weighted by atomic mass is 9.92. The van der Waals surface area contributed by atoms with Crippen molar-refractivity contribution in [3.8, 4) is 0 Å². The zero-order valence-electron chi connectivity index (χ0n) is 12.9. The number of nitrogens with one attached hydrogen (secondary N) is 1. The number of hydrogen-bond donors (Lipinski definition) is 1. The molecule has 0 spiro atoms. The van der Waals surface area contributed by atoms with Crippen molar-refractivity contribution < 1.29 is 0 Å². The van der Waals surface area contributed by atoms with E-state index in [1.54, 1.807) is 10.4 Å². The van der Waals surface area contributed by atoms with Gasteiger partial charge in [-0.25, -0.2) is 0 Å². The van der Waals surface area contributed by atoms with E-state index in [2.05, 4.69) is 35.6 Å². The third-order valence-electron chi connectivity index (χ3n) is 5.40. The number of fused-ring (bicyclic) bond motifs is 1. The van der Waals surface area contributed by atoms with E-state index in [-0.39, 0.29) is 0 Å². The Bertz CT molecular complexity index is 428. The predicted molar refractivity (Wildman–Crippen MR) is 87.4 cm³/mol. The van der Waals surface area contributed by atoms with Gasteiger partial charge in [-0.15, -0.1) is 11.3 Å². The van der Waals surface area contributed by atoms with Gasteiger partial charge in [0.2, 0.25) is 0 Å². The van der Waals surface area contributed by atoms with Gasteiger partial charge in [-0.3, -0.25) is 4.90 Å². The number of rotatable bonds is 3. The van der Waals surface area contributed by atoms with E-state index in [9.17, 15) is 0 Å². The van der Waals surface area contributed by atoms with E-state index in [0.717, 1.165) is 12.0 Å². The van der Waals surface area contributed by atoms with E-state index < -0.39 is 0 Å². The average Bonchev–Trinajstić information content (AvgIpc) is 2.83. The topological polar surface area (TPSA) is 15.3 Å². The molecule has 1 N–H and O–H groups in total. The van der Waals surface area contributed by atoms with Crippen LogP contribution < -0.4 is 5.32 Å². The highest BCUT2D eigenvalue weighted by Crippen LogP contribution is 2.34. The van der Waals surface area contributed by atoms with Crippen LogP contribution in [0.5, 0.6) is 0 Å². The van der Waals surface area contributed by atoms with E-state index >= 15 is 0 Å². The fourth-order valence-corrected chi connectivity index (χ4v) is 5.06. The molecule has 0 aromatic carbocycles. The molecule has 0 amide bonds. The second-order valence-electron chi connectivity index (χ2n) is 6.51. The Morgan fingerprint density at radius 2 is 2.15 bits per heavy atom. The molecule has 2 aliphatic rings. The van der Waals surface area contributed by atoms with Crippen molar-refractivity contribution in [2.24, 2.45) is 5.92 Å². The third-order valence-corrected chi connectivity index (χ3v) is 6.40. The highest BCUT2D eigenvalue weighted by molar-refractivity contribution is 7.10. The number of thiophene rings is 1. The molecule has 1 saturated carbocycles. The van der Waals surface area contributed by atoms with Crippen LogP contribution in [0.4, 0.5) is 0 Å². The van der Waals surface area contributed by atoms with Crippen LogP contribution in [-0.4, -0.2) is 31.1 Å². The minimum atomic E-state index is 0.616. The first-order chi connectivity index (χ1) is 9.79. The minimum absolute atomic E-state index is 0.616. The molecular weight excluding hydrogens is 264 g/mol. The molecule has 3 rings (SSSR count). The highest BCUT2D eigenvalue weighted by Gasteiger charge is 2.29. The van der Waals surface area contributed by atoms with Crippen LogP contribution in [0.25, 0.3) is 0 Å². The Morgan fingerprint density at radius 3 is 3.00 bits per heavy atom. The molecule has 1 fully saturated rings. The van der Waals surface area contributed by atoms with Gasteiger partial charge in [0.25, 0.3) is 0 Å². The molecule has 3 heteroatoms. The second-order valence-corrected chi connectivity index (χ2v) is 7.51. The van der Waals surface area contributed by atoms with E-state index in [4.69, 9.17) is 0 Å². The lowest BCUT2D eigenvalue weighted by Gasteiger charge is -2.38. The van der Waals surface area contributed by atoms with Gasteiger partial charge in [0, 0.05) is 30.1 Å². The van der Waals surface area contributed by atoms with Gasteiger partial charge in [0.05, 0.1) is 0 Å². The molecule has 2 heterocycles. The Morgan fingerprint density at radius 1 is 1.30 bits per heavy atom. The fraction of sp³-hybridized carbons (Fsp3) is 0.765. The van der Waals surface area contributed by atoms with Crippen LogP contribution in [0.15, 0.2) is 11.4 Å². The third kappa shape index (κ3) is 2.95.